The first-order valence-corrected chi connectivity index (χ1v) is 7.62. The van der Waals surface area contributed by atoms with Crippen molar-refractivity contribution in [2.24, 2.45) is 0 Å². The van der Waals surface area contributed by atoms with Crippen LogP contribution in [0.3, 0.4) is 0 Å². The van der Waals surface area contributed by atoms with Gasteiger partial charge in [0.15, 0.2) is 6.10 Å². The van der Waals surface area contributed by atoms with Crippen molar-refractivity contribution in [1.29, 1.82) is 0 Å². The van der Waals surface area contributed by atoms with E-state index in [1.165, 1.54) is 12.1 Å². The van der Waals surface area contributed by atoms with Gasteiger partial charge < -0.3 is 15.2 Å². The zero-order valence-corrected chi connectivity index (χ0v) is 14.2. The molecule has 110 valence electrons. The van der Waals surface area contributed by atoms with Gasteiger partial charge in [0, 0.05) is 6.54 Å². The molecule has 1 aromatic carbocycles. The summed E-state index contributed by atoms with van der Waals surface area (Å²) in [6.07, 6.45) is 0.170. The van der Waals surface area contributed by atoms with Crippen LogP contribution in [-0.2, 0) is 4.79 Å². The molecule has 0 aliphatic carbocycles. The number of ether oxygens (including phenoxy) is 1. The third kappa shape index (κ3) is 4.49. The second kappa shape index (κ2) is 7.64. The second-order valence-electron chi connectivity index (χ2n) is 4.13. The predicted molar refractivity (Wildman–Crippen MR) is 82.2 cm³/mol. The summed E-state index contributed by atoms with van der Waals surface area (Å²) in [4.78, 5) is 22.7. The molecule has 1 unspecified atom stereocenters. The number of carboxylic acids is 1. The molecule has 1 aromatic rings. The maximum Gasteiger partial charge on any atom is 0.335 e. The Morgan fingerprint density at radius 1 is 1.35 bits per heavy atom. The lowest BCUT2D eigenvalue weighted by atomic mass is 10.2. The van der Waals surface area contributed by atoms with Gasteiger partial charge in [0.1, 0.15) is 5.75 Å². The average molecular weight is 409 g/mol. The first-order valence-electron chi connectivity index (χ1n) is 6.03. The minimum absolute atomic E-state index is 0.124. The number of carbonyl (C=O) groups is 2. The Bertz CT molecular complexity index is 496. The number of amides is 1. The molecule has 5 nitrogen and oxygen atoms in total. The molecule has 0 saturated carbocycles. The number of rotatable bonds is 6. The van der Waals surface area contributed by atoms with E-state index in [1.807, 2.05) is 6.92 Å². The van der Waals surface area contributed by atoms with E-state index in [4.69, 9.17) is 9.84 Å². The van der Waals surface area contributed by atoms with Crippen molar-refractivity contribution in [3.05, 3.63) is 26.6 Å². The van der Waals surface area contributed by atoms with E-state index >= 15 is 0 Å². The topological polar surface area (TPSA) is 75.6 Å². The normalized spacial score (nSPS) is 11.8. The summed E-state index contributed by atoms with van der Waals surface area (Å²) >= 11 is 6.49. The molecule has 0 aromatic heterocycles. The Morgan fingerprint density at radius 2 is 1.90 bits per heavy atom. The van der Waals surface area contributed by atoms with E-state index in [9.17, 15) is 9.59 Å². The van der Waals surface area contributed by atoms with Crippen molar-refractivity contribution in [2.45, 2.75) is 26.4 Å². The maximum atomic E-state index is 11.7. The van der Waals surface area contributed by atoms with E-state index < -0.39 is 12.1 Å². The number of aromatic carboxylic acids is 1. The molecule has 0 saturated heterocycles. The van der Waals surface area contributed by atoms with E-state index in [-0.39, 0.29) is 11.5 Å². The van der Waals surface area contributed by atoms with Gasteiger partial charge in [-0.25, -0.2) is 4.79 Å². The number of hydrogen-bond acceptors (Lipinski definition) is 3. The Hall–Kier alpha value is -1.08. The van der Waals surface area contributed by atoms with Gasteiger partial charge in [-0.1, -0.05) is 6.92 Å². The van der Waals surface area contributed by atoms with Crippen LogP contribution in [-0.4, -0.2) is 29.6 Å². The highest BCUT2D eigenvalue weighted by atomic mass is 79.9. The van der Waals surface area contributed by atoms with Crippen LogP contribution in [0.4, 0.5) is 0 Å². The molecule has 1 amide bonds. The highest BCUT2D eigenvalue weighted by molar-refractivity contribution is 9.11. The van der Waals surface area contributed by atoms with Crippen LogP contribution in [0.15, 0.2) is 21.1 Å². The lowest BCUT2D eigenvalue weighted by Gasteiger charge is -2.17. The highest BCUT2D eigenvalue weighted by Crippen LogP contribution is 2.35. The smallest absolute Gasteiger partial charge is 0.335 e. The number of carbonyl (C=O) groups excluding carboxylic acids is 1. The van der Waals surface area contributed by atoms with E-state index in [1.54, 1.807) is 6.92 Å². The van der Waals surface area contributed by atoms with Gasteiger partial charge >= 0.3 is 5.97 Å². The average Bonchev–Trinajstić information content (AvgIpc) is 2.39. The van der Waals surface area contributed by atoms with E-state index in [0.29, 0.717) is 21.2 Å². The van der Waals surface area contributed by atoms with Gasteiger partial charge in [-0.05, 0) is 57.3 Å². The van der Waals surface area contributed by atoms with Crippen LogP contribution in [0, 0.1) is 0 Å². The Morgan fingerprint density at radius 3 is 2.35 bits per heavy atom. The predicted octanol–water partition coefficient (Wildman–Crippen LogP) is 3.20. The first kappa shape index (κ1) is 17.0. The lowest BCUT2D eigenvalue weighted by molar-refractivity contribution is -0.127. The van der Waals surface area contributed by atoms with Gasteiger partial charge in [0.2, 0.25) is 0 Å². The minimum atomic E-state index is -1.04. The molecule has 1 atom stereocenters. The summed E-state index contributed by atoms with van der Waals surface area (Å²) in [5.74, 6) is -0.853. The fourth-order valence-electron chi connectivity index (χ4n) is 1.42. The standard InChI is InChI=1S/C13H15Br2NO4/c1-3-4-16-12(17)7(2)20-11-9(14)5-8(13(18)19)6-10(11)15/h5-7H,3-4H2,1-2H3,(H,16,17)(H,18,19). The maximum absolute atomic E-state index is 11.7. The monoisotopic (exact) mass is 407 g/mol. The fraction of sp³-hybridized carbons (Fsp3) is 0.385. The number of halogens is 2. The Balaban J connectivity index is 2.87. The SMILES string of the molecule is CCCNC(=O)C(C)Oc1c(Br)cc(C(=O)O)cc1Br. The third-order valence-corrected chi connectivity index (χ3v) is 3.64. The van der Waals surface area contributed by atoms with Crippen molar-refractivity contribution < 1.29 is 19.4 Å². The quantitative estimate of drug-likeness (QED) is 0.757. The van der Waals surface area contributed by atoms with Crippen LogP contribution in [0.25, 0.3) is 0 Å². The molecule has 0 aliphatic heterocycles. The Labute approximate surface area is 134 Å². The van der Waals surface area contributed by atoms with Crippen molar-refractivity contribution >= 4 is 43.7 Å². The van der Waals surface area contributed by atoms with Gasteiger partial charge in [0.05, 0.1) is 14.5 Å². The zero-order valence-electron chi connectivity index (χ0n) is 11.1. The van der Waals surface area contributed by atoms with Crippen LogP contribution in [0.1, 0.15) is 30.6 Å². The fourth-order valence-corrected chi connectivity index (χ4v) is 2.79. The van der Waals surface area contributed by atoms with Crippen LogP contribution < -0.4 is 10.1 Å². The molecular formula is C13H15Br2NO4. The molecule has 0 radical (unpaired) electrons. The number of carboxylic acid groups (broad SMARTS) is 1. The summed E-state index contributed by atoms with van der Waals surface area (Å²) < 4.78 is 6.51. The molecule has 1 rings (SSSR count). The van der Waals surface area contributed by atoms with Gasteiger partial charge in [-0.15, -0.1) is 0 Å². The molecule has 2 N–H and O–H groups in total. The molecule has 0 heterocycles. The molecule has 0 fully saturated rings. The molecule has 0 aliphatic rings. The number of nitrogens with one attached hydrogen (secondary N) is 1. The van der Waals surface area contributed by atoms with Crippen molar-refractivity contribution in [2.75, 3.05) is 6.54 Å². The van der Waals surface area contributed by atoms with Crippen LogP contribution in [0.2, 0.25) is 0 Å². The third-order valence-electron chi connectivity index (χ3n) is 2.46. The minimum Gasteiger partial charge on any atom is -0.479 e. The molecule has 0 spiro atoms. The first-order chi connectivity index (χ1) is 9.36. The number of benzene rings is 1. The van der Waals surface area contributed by atoms with Crippen molar-refractivity contribution in [3.8, 4) is 5.75 Å². The van der Waals surface area contributed by atoms with E-state index in [0.717, 1.165) is 6.42 Å². The summed E-state index contributed by atoms with van der Waals surface area (Å²) in [7, 11) is 0. The van der Waals surface area contributed by atoms with Crippen molar-refractivity contribution in [1.82, 2.24) is 5.32 Å². The Kier molecular flexibility index (Phi) is 6.48. The molecular weight excluding hydrogens is 394 g/mol. The van der Waals surface area contributed by atoms with Crippen molar-refractivity contribution in [3.63, 3.8) is 0 Å². The van der Waals surface area contributed by atoms with E-state index in [2.05, 4.69) is 37.2 Å². The van der Waals surface area contributed by atoms with Crippen LogP contribution in [0.5, 0.6) is 5.75 Å². The van der Waals surface area contributed by atoms with Gasteiger partial charge in [0.25, 0.3) is 5.91 Å². The lowest BCUT2D eigenvalue weighted by Crippen LogP contribution is -2.36. The molecule has 20 heavy (non-hydrogen) atoms. The van der Waals surface area contributed by atoms with Gasteiger partial charge in [-0.3, -0.25) is 4.79 Å². The molecule has 0 bridgehead atoms. The highest BCUT2D eigenvalue weighted by Gasteiger charge is 2.19. The van der Waals surface area contributed by atoms with Crippen LogP contribution >= 0.6 is 31.9 Å². The summed E-state index contributed by atoms with van der Waals surface area (Å²) in [6, 6.07) is 2.86. The molecule has 7 heteroatoms. The zero-order chi connectivity index (χ0) is 15.3. The largest absolute Gasteiger partial charge is 0.479 e. The number of hydrogen-bond donors (Lipinski definition) is 2. The van der Waals surface area contributed by atoms with Gasteiger partial charge in [-0.2, -0.15) is 0 Å². The second-order valence-corrected chi connectivity index (χ2v) is 5.83. The summed E-state index contributed by atoms with van der Waals surface area (Å²) in [5, 5.41) is 11.7. The summed E-state index contributed by atoms with van der Waals surface area (Å²) in [6.45, 7) is 4.19. The summed E-state index contributed by atoms with van der Waals surface area (Å²) in [5.41, 5.74) is 0.124.